The molecule has 0 bridgehead atoms. The molecule has 0 aromatic carbocycles. The van der Waals surface area contributed by atoms with E-state index in [4.69, 9.17) is 0 Å². The molecule has 0 unspecified atom stereocenters. The van der Waals surface area contributed by atoms with E-state index in [1.165, 1.54) is 0 Å². The average Bonchev–Trinajstić information content (AvgIpc) is 2.48. The van der Waals surface area contributed by atoms with E-state index in [9.17, 15) is 8.42 Å². The monoisotopic (exact) mass is 306 g/mol. The summed E-state index contributed by atoms with van der Waals surface area (Å²) < 4.78 is 23.4. The van der Waals surface area contributed by atoms with E-state index >= 15 is 0 Å². The Morgan fingerprint density at radius 1 is 1.24 bits per heavy atom. The van der Waals surface area contributed by atoms with Crippen LogP contribution in [0.4, 0.5) is 5.95 Å². The fourth-order valence-corrected chi connectivity index (χ4v) is 2.52. The number of nitrogens with one attached hydrogen (secondary N) is 1. The molecule has 0 spiro atoms. The Kier molecular flexibility index (Phi) is 4.85. The van der Waals surface area contributed by atoms with Gasteiger partial charge in [0.15, 0.2) is 9.84 Å². The summed E-state index contributed by atoms with van der Waals surface area (Å²) in [5.41, 5.74) is 1.63. The lowest BCUT2D eigenvalue weighted by atomic mass is 10.2. The molecular formula is C14H18N4O2S. The Balaban J connectivity index is 2.03. The predicted octanol–water partition coefficient (Wildman–Crippen LogP) is 1.77. The molecule has 2 aromatic rings. The second kappa shape index (κ2) is 6.62. The van der Waals surface area contributed by atoms with E-state index < -0.39 is 9.84 Å². The van der Waals surface area contributed by atoms with Crippen molar-refractivity contribution in [2.24, 2.45) is 0 Å². The lowest BCUT2D eigenvalue weighted by Crippen LogP contribution is -2.23. The van der Waals surface area contributed by atoms with Gasteiger partial charge in [0.25, 0.3) is 0 Å². The van der Waals surface area contributed by atoms with Gasteiger partial charge in [-0.2, -0.15) is 0 Å². The zero-order chi connectivity index (χ0) is 15.3. The molecule has 6 nitrogen and oxygen atoms in total. The number of nitrogens with zero attached hydrogens (tertiary/aromatic N) is 3. The van der Waals surface area contributed by atoms with Crippen LogP contribution in [0.2, 0.25) is 0 Å². The molecule has 2 heterocycles. The number of anilines is 1. The van der Waals surface area contributed by atoms with Crippen molar-refractivity contribution < 1.29 is 8.42 Å². The molecule has 0 saturated carbocycles. The molecule has 2 aromatic heterocycles. The molecule has 0 aliphatic rings. The molecule has 0 aliphatic carbocycles. The minimum atomic E-state index is -3.06. The highest BCUT2D eigenvalue weighted by molar-refractivity contribution is 7.92. The normalized spacial score (nSPS) is 11.6. The van der Waals surface area contributed by atoms with E-state index in [0.29, 0.717) is 5.95 Å². The van der Waals surface area contributed by atoms with E-state index in [-0.39, 0.29) is 17.5 Å². The van der Waals surface area contributed by atoms with Gasteiger partial charge in [0.2, 0.25) is 5.95 Å². The smallest absolute Gasteiger partial charge is 0.223 e. The molecule has 0 atom stereocenters. The Bertz CT molecular complexity index is 687. The second-order valence-corrected chi connectivity index (χ2v) is 7.53. The number of hydrogen-bond donors (Lipinski definition) is 1. The molecule has 2 rings (SSSR count). The molecule has 0 aliphatic heterocycles. The van der Waals surface area contributed by atoms with Gasteiger partial charge in [-0.25, -0.2) is 18.4 Å². The molecule has 0 amide bonds. The highest BCUT2D eigenvalue weighted by Crippen LogP contribution is 2.15. The van der Waals surface area contributed by atoms with Crippen LogP contribution < -0.4 is 5.32 Å². The maximum absolute atomic E-state index is 11.7. The highest BCUT2D eigenvalue weighted by atomic mass is 32.2. The lowest BCUT2D eigenvalue weighted by Gasteiger charge is -2.09. The van der Waals surface area contributed by atoms with E-state index in [0.717, 1.165) is 11.3 Å². The number of rotatable bonds is 6. The summed E-state index contributed by atoms with van der Waals surface area (Å²) in [6.45, 7) is 3.64. The zero-order valence-corrected chi connectivity index (χ0v) is 12.8. The van der Waals surface area contributed by atoms with Gasteiger partial charge in [-0.05, 0) is 32.0 Å². The van der Waals surface area contributed by atoms with Gasteiger partial charge in [0.05, 0.1) is 16.7 Å². The average molecular weight is 306 g/mol. The van der Waals surface area contributed by atoms with Crippen LogP contribution in [0, 0.1) is 0 Å². The largest absolute Gasteiger partial charge is 0.353 e. The summed E-state index contributed by atoms with van der Waals surface area (Å²) in [4.78, 5) is 12.5. The third-order valence-corrected chi connectivity index (χ3v) is 5.21. The van der Waals surface area contributed by atoms with Gasteiger partial charge >= 0.3 is 0 Å². The van der Waals surface area contributed by atoms with Crippen molar-refractivity contribution in [3.8, 4) is 11.3 Å². The Morgan fingerprint density at radius 2 is 2.05 bits per heavy atom. The standard InChI is InChI=1S/C14H18N4O2S/c1-11(2)21(19,20)9-8-17-14-16-7-5-13(18-14)12-4-3-6-15-10-12/h3-7,10-11H,8-9H2,1-2H3,(H,16,17,18). The van der Waals surface area contributed by atoms with E-state index in [2.05, 4.69) is 20.3 Å². The van der Waals surface area contributed by atoms with Gasteiger partial charge in [-0.1, -0.05) is 0 Å². The predicted molar refractivity (Wildman–Crippen MR) is 82.7 cm³/mol. The topological polar surface area (TPSA) is 84.8 Å². The first-order chi connectivity index (χ1) is 9.99. The molecule has 112 valence electrons. The summed E-state index contributed by atoms with van der Waals surface area (Å²) in [6.07, 6.45) is 5.05. The molecule has 0 radical (unpaired) electrons. The SMILES string of the molecule is CC(C)S(=O)(=O)CCNc1nccc(-c2cccnc2)n1. The van der Waals surface area contributed by atoms with Gasteiger partial charge in [0.1, 0.15) is 0 Å². The maximum atomic E-state index is 11.7. The van der Waals surface area contributed by atoms with Crippen molar-refractivity contribution in [3.05, 3.63) is 36.8 Å². The summed E-state index contributed by atoms with van der Waals surface area (Å²) in [5, 5.41) is 2.57. The number of hydrogen-bond acceptors (Lipinski definition) is 6. The highest BCUT2D eigenvalue weighted by Gasteiger charge is 2.15. The minimum Gasteiger partial charge on any atom is -0.353 e. The van der Waals surface area contributed by atoms with Gasteiger partial charge in [-0.15, -0.1) is 0 Å². The number of pyridine rings is 1. The second-order valence-electron chi connectivity index (χ2n) is 4.85. The van der Waals surface area contributed by atoms with Crippen molar-refractivity contribution >= 4 is 15.8 Å². The first-order valence-corrected chi connectivity index (χ1v) is 8.39. The number of aromatic nitrogens is 3. The van der Waals surface area contributed by atoms with Crippen LogP contribution in [0.15, 0.2) is 36.8 Å². The first kappa shape index (κ1) is 15.4. The van der Waals surface area contributed by atoms with Crippen LogP contribution in [-0.4, -0.2) is 40.9 Å². The summed E-state index contributed by atoms with van der Waals surface area (Å²) in [7, 11) is -3.06. The number of sulfone groups is 1. The van der Waals surface area contributed by atoms with E-state index in [1.54, 1.807) is 38.5 Å². The molecule has 0 saturated heterocycles. The Morgan fingerprint density at radius 3 is 2.71 bits per heavy atom. The van der Waals surface area contributed by atoms with Crippen LogP contribution in [0.5, 0.6) is 0 Å². The maximum Gasteiger partial charge on any atom is 0.223 e. The van der Waals surface area contributed by atoms with Gasteiger partial charge < -0.3 is 5.32 Å². The van der Waals surface area contributed by atoms with Crippen LogP contribution in [0.25, 0.3) is 11.3 Å². The van der Waals surface area contributed by atoms with Crippen molar-refractivity contribution in [2.45, 2.75) is 19.1 Å². The van der Waals surface area contributed by atoms with E-state index in [1.807, 2.05) is 12.1 Å². The summed E-state index contributed by atoms with van der Waals surface area (Å²) in [5.74, 6) is 0.473. The molecule has 7 heteroatoms. The van der Waals surface area contributed by atoms with Crippen molar-refractivity contribution in [2.75, 3.05) is 17.6 Å². The molecule has 1 N–H and O–H groups in total. The van der Waals surface area contributed by atoms with Crippen molar-refractivity contribution in [1.82, 2.24) is 15.0 Å². The third-order valence-electron chi connectivity index (χ3n) is 3.00. The van der Waals surface area contributed by atoms with Crippen LogP contribution in [0.3, 0.4) is 0 Å². The minimum absolute atomic E-state index is 0.0607. The Hall–Kier alpha value is -2.02. The summed E-state index contributed by atoms with van der Waals surface area (Å²) >= 11 is 0. The zero-order valence-electron chi connectivity index (χ0n) is 12.0. The first-order valence-electron chi connectivity index (χ1n) is 6.68. The van der Waals surface area contributed by atoms with Gasteiger partial charge in [0, 0.05) is 30.7 Å². The van der Waals surface area contributed by atoms with Crippen molar-refractivity contribution in [1.29, 1.82) is 0 Å². The lowest BCUT2D eigenvalue weighted by molar-refractivity contribution is 0.587. The quantitative estimate of drug-likeness (QED) is 0.875. The van der Waals surface area contributed by atoms with Crippen LogP contribution >= 0.6 is 0 Å². The molecule has 0 fully saturated rings. The third kappa shape index (κ3) is 4.22. The van der Waals surface area contributed by atoms with Crippen LogP contribution in [-0.2, 0) is 9.84 Å². The fourth-order valence-electron chi connectivity index (χ4n) is 1.66. The summed E-state index contributed by atoms with van der Waals surface area (Å²) in [6, 6.07) is 5.52. The van der Waals surface area contributed by atoms with Gasteiger partial charge in [-0.3, -0.25) is 4.98 Å². The molecule has 21 heavy (non-hydrogen) atoms. The Labute approximate surface area is 124 Å². The molecular weight excluding hydrogens is 288 g/mol. The van der Waals surface area contributed by atoms with Crippen molar-refractivity contribution in [3.63, 3.8) is 0 Å². The van der Waals surface area contributed by atoms with Crippen LogP contribution in [0.1, 0.15) is 13.8 Å². The fraction of sp³-hybridized carbons (Fsp3) is 0.357.